The summed E-state index contributed by atoms with van der Waals surface area (Å²) in [4.78, 5) is 0. The van der Waals surface area contributed by atoms with Crippen molar-refractivity contribution >= 4 is 15.9 Å². The highest BCUT2D eigenvalue weighted by atomic mass is 79.9. The highest BCUT2D eigenvalue weighted by Gasteiger charge is 2.27. The number of benzene rings is 1. The van der Waals surface area contributed by atoms with Crippen LogP contribution in [0.4, 0.5) is 13.2 Å². The minimum absolute atomic E-state index is 0.153. The molecular formula is C15H21BrF3NO. The predicted molar refractivity (Wildman–Crippen MR) is 81.4 cm³/mol. The summed E-state index contributed by atoms with van der Waals surface area (Å²) >= 11 is 3.40. The van der Waals surface area contributed by atoms with E-state index in [0.717, 1.165) is 23.9 Å². The van der Waals surface area contributed by atoms with Crippen LogP contribution in [-0.4, -0.2) is 33.0 Å². The fourth-order valence-electron chi connectivity index (χ4n) is 2.18. The van der Waals surface area contributed by atoms with Gasteiger partial charge in [-0.2, -0.15) is 13.2 Å². The third-order valence-corrected chi connectivity index (χ3v) is 3.63. The molecule has 0 spiro atoms. The van der Waals surface area contributed by atoms with Gasteiger partial charge in [0.25, 0.3) is 0 Å². The van der Waals surface area contributed by atoms with Gasteiger partial charge in [-0.1, -0.05) is 28.1 Å². The Morgan fingerprint density at radius 1 is 1.24 bits per heavy atom. The van der Waals surface area contributed by atoms with Crippen LogP contribution in [0.15, 0.2) is 28.7 Å². The monoisotopic (exact) mass is 367 g/mol. The molecule has 0 heterocycles. The van der Waals surface area contributed by atoms with Crippen molar-refractivity contribution in [3.8, 4) is 0 Å². The summed E-state index contributed by atoms with van der Waals surface area (Å²) in [6.45, 7) is -0.161. The standard InChI is InChI=1S/C15H21BrF3NO/c1-20-10-13(3-2-8-21-11-15(17,18)19)9-12-4-6-14(16)7-5-12/h4-7,13,20H,2-3,8-11H2,1H3. The van der Waals surface area contributed by atoms with E-state index >= 15 is 0 Å². The topological polar surface area (TPSA) is 21.3 Å². The number of halogens is 4. The Morgan fingerprint density at radius 3 is 2.48 bits per heavy atom. The maximum atomic E-state index is 11.9. The summed E-state index contributed by atoms with van der Waals surface area (Å²) in [5.41, 5.74) is 1.23. The minimum atomic E-state index is -4.23. The van der Waals surface area contributed by atoms with Crippen molar-refractivity contribution in [2.24, 2.45) is 5.92 Å². The largest absolute Gasteiger partial charge is 0.411 e. The fraction of sp³-hybridized carbons (Fsp3) is 0.600. The molecule has 1 aromatic carbocycles. The van der Waals surface area contributed by atoms with Gasteiger partial charge >= 0.3 is 6.18 Å². The Morgan fingerprint density at radius 2 is 1.90 bits per heavy atom. The third-order valence-electron chi connectivity index (χ3n) is 3.10. The van der Waals surface area contributed by atoms with E-state index in [1.807, 2.05) is 19.2 Å². The zero-order valence-electron chi connectivity index (χ0n) is 12.0. The lowest BCUT2D eigenvalue weighted by Gasteiger charge is -2.17. The average molecular weight is 368 g/mol. The number of nitrogens with one attached hydrogen (secondary N) is 1. The van der Waals surface area contributed by atoms with Crippen LogP contribution < -0.4 is 5.32 Å². The van der Waals surface area contributed by atoms with Crippen molar-refractivity contribution in [3.63, 3.8) is 0 Å². The van der Waals surface area contributed by atoms with Gasteiger partial charge in [0.05, 0.1) is 0 Å². The van der Waals surface area contributed by atoms with E-state index in [-0.39, 0.29) is 6.61 Å². The molecule has 1 atom stereocenters. The lowest BCUT2D eigenvalue weighted by molar-refractivity contribution is -0.174. The molecule has 1 unspecified atom stereocenters. The van der Waals surface area contributed by atoms with E-state index in [9.17, 15) is 13.2 Å². The summed E-state index contributed by atoms with van der Waals surface area (Å²) in [6, 6.07) is 8.12. The molecule has 1 aromatic rings. The summed E-state index contributed by atoms with van der Waals surface area (Å²) in [6.07, 6.45) is -1.84. The van der Waals surface area contributed by atoms with Gasteiger partial charge in [0.15, 0.2) is 0 Å². The molecule has 0 radical (unpaired) electrons. The second-order valence-electron chi connectivity index (χ2n) is 5.06. The van der Waals surface area contributed by atoms with E-state index in [2.05, 4.69) is 38.1 Å². The first-order valence-corrected chi connectivity index (χ1v) is 7.73. The molecule has 6 heteroatoms. The maximum absolute atomic E-state index is 11.9. The van der Waals surface area contributed by atoms with Crippen molar-refractivity contribution in [2.45, 2.75) is 25.4 Å². The third kappa shape index (κ3) is 9.11. The molecule has 0 aliphatic heterocycles. The van der Waals surface area contributed by atoms with Gasteiger partial charge in [0, 0.05) is 11.1 Å². The van der Waals surface area contributed by atoms with Gasteiger partial charge in [-0.05, 0) is 56.5 Å². The number of hydrogen-bond acceptors (Lipinski definition) is 2. The number of ether oxygens (including phenoxy) is 1. The maximum Gasteiger partial charge on any atom is 0.411 e. The Bertz CT molecular complexity index is 395. The second-order valence-corrected chi connectivity index (χ2v) is 5.98. The Hall–Kier alpha value is -0.590. The molecule has 21 heavy (non-hydrogen) atoms. The first-order valence-electron chi connectivity index (χ1n) is 6.94. The molecule has 2 nitrogen and oxygen atoms in total. The van der Waals surface area contributed by atoms with E-state index in [1.165, 1.54) is 5.56 Å². The van der Waals surface area contributed by atoms with E-state index < -0.39 is 12.8 Å². The van der Waals surface area contributed by atoms with Crippen LogP contribution in [-0.2, 0) is 11.2 Å². The van der Waals surface area contributed by atoms with Crippen LogP contribution in [0.3, 0.4) is 0 Å². The predicted octanol–water partition coefficient (Wildman–Crippen LogP) is 4.19. The van der Waals surface area contributed by atoms with Crippen LogP contribution in [0.1, 0.15) is 18.4 Å². The van der Waals surface area contributed by atoms with E-state index in [1.54, 1.807) is 0 Å². The van der Waals surface area contributed by atoms with Crippen molar-refractivity contribution in [1.82, 2.24) is 5.32 Å². The first kappa shape index (κ1) is 18.5. The molecule has 1 rings (SSSR count). The molecular weight excluding hydrogens is 347 g/mol. The van der Waals surface area contributed by atoms with Crippen LogP contribution in [0.2, 0.25) is 0 Å². The summed E-state index contributed by atoms with van der Waals surface area (Å²) in [5, 5.41) is 3.13. The lowest BCUT2D eigenvalue weighted by Crippen LogP contribution is -2.22. The first-order chi connectivity index (χ1) is 9.90. The number of alkyl halides is 3. The van der Waals surface area contributed by atoms with Gasteiger partial charge in [-0.25, -0.2) is 0 Å². The van der Waals surface area contributed by atoms with E-state index in [4.69, 9.17) is 0 Å². The van der Waals surface area contributed by atoms with Gasteiger partial charge in [-0.15, -0.1) is 0 Å². The zero-order valence-corrected chi connectivity index (χ0v) is 13.6. The number of rotatable bonds is 9. The van der Waals surface area contributed by atoms with Gasteiger partial charge < -0.3 is 10.1 Å². The summed E-state index contributed by atoms with van der Waals surface area (Å²) in [5.74, 6) is 0.394. The average Bonchev–Trinajstić information content (AvgIpc) is 2.40. The second kappa shape index (κ2) is 9.43. The molecule has 0 bridgehead atoms. The van der Waals surface area contributed by atoms with Gasteiger partial charge in [-0.3, -0.25) is 0 Å². The molecule has 0 fully saturated rings. The van der Waals surface area contributed by atoms with Crippen LogP contribution in [0.25, 0.3) is 0 Å². The molecule has 120 valence electrons. The van der Waals surface area contributed by atoms with Crippen molar-refractivity contribution in [3.05, 3.63) is 34.3 Å². The Kier molecular flexibility index (Phi) is 8.29. The van der Waals surface area contributed by atoms with Crippen LogP contribution >= 0.6 is 15.9 Å². The fourth-order valence-corrected chi connectivity index (χ4v) is 2.45. The zero-order chi connectivity index (χ0) is 15.7. The van der Waals surface area contributed by atoms with Crippen molar-refractivity contribution in [1.29, 1.82) is 0 Å². The SMILES string of the molecule is CNCC(CCCOCC(F)(F)F)Cc1ccc(Br)cc1. The lowest BCUT2D eigenvalue weighted by atomic mass is 9.95. The Balaban J connectivity index is 2.31. The molecule has 0 saturated carbocycles. The van der Waals surface area contributed by atoms with Crippen molar-refractivity contribution < 1.29 is 17.9 Å². The normalized spacial score (nSPS) is 13.4. The highest BCUT2D eigenvalue weighted by Crippen LogP contribution is 2.18. The van der Waals surface area contributed by atoms with Crippen LogP contribution in [0.5, 0.6) is 0 Å². The van der Waals surface area contributed by atoms with E-state index in [0.29, 0.717) is 12.3 Å². The number of hydrogen-bond donors (Lipinski definition) is 1. The molecule has 0 aromatic heterocycles. The van der Waals surface area contributed by atoms with Gasteiger partial charge in [0.1, 0.15) is 6.61 Å². The van der Waals surface area contributed by atoms with Gasteiger partial charge in [0.2, 0.25) is 0 Å². The van der Waals surface area contributed by atoms with Crippen molar-refractivity contribution in [2.75, 3.05) is 26.8 Å². The quantitative estimate of drug-likeness (QED) is 0.660. The Labute approximate surface area is 132 Å². The molecule has 0 saturated heterocycles. The molecule has 1 N–H and O–H groups in total. The highest BCUT2D eigenvalue weighted by molar-refractivity contribution is 9.10. The summed E-state index contributed by atoms with van der Waals surface area (Å²) < 4.78 is 41.5. The smallest absolute Gasteiger partial charge is 0.372 e. The minimum Gasteiger partial charge on any atom is -0.372 e. The summed E-state index contributed by atoms with van der Waals surface area (Å²) in [7, 11) is 1.88. The molecule has 0 aliphatic rings. The van der Waals surface area contributed by atoms with Crippen LogP contribution in [0, 0.1) is 5.92 Å². The molecule has 0 amide bonds. The molecule has 0 aliphatic carbocycles.